The average molecular weight is 293 g/mol. The fraction of sp³-hybridized carbons (Fsp3) is 0.941. The number of nitrogens with one attached hydrogen (secondary N) is 2. The maximum absolute atomic E-state index is 5.97. The topological polar surface area (TPSA) is 45.7 Å². The molecule has 2 saturated carbocycles. The van der Waals surface area contributed by atoms with E-state index in [0.29, 0.717) is 12.1 Å². The minimum Gasteiger partial charge on any atom is -0.369 e. The Labute approximate surface area is 129 Å². The molecule has 0 aromatic heterocycles. The summed E-state index contributed by atoms with van der Waals surface area (Å²) in [5.74, 6) is 1.14. The zero-order valence-corrected chi connectivity index (χ0v) is 13.3. The van der Waals surface area contributed by atoms with Gasteiger partial charge in [0, 0.05) is 19.1 Å². The van der Waals surface area contributed by atoms with Crippen LogP contribution in [0.1, 0.15) is 64.2 Å². The summed E-state index contributed by atoms with van der Waals surface area (Å²) in [6.45, 7) is 2.68. The molecule has 3 rings (SSSR count). The van der Waals surface area contributed by atoms with Crippen molar-refractivity contribution in [2.45, 2.75) is 82.4 Å². The van der Waals surface area contributed by atoms with Gasteiger partial charge in [-0.3, -0.25) is 4.99 Å². The van der Waals surface area contributed by atoms with Crippen molar-refractivity contribution in [2.24, 2.45) is 4.99 Å². The summed E-state index contributed by atoms with van der Waals surface area (Å²) in [6.07, 6.45) is 13.4. The van der Waals surface area contributed by atoms with Crippen LogP contribution in [-0.4, -0.2) is 43.7 Å². The van der Waals surface area contributed by atoms with Gasteiger partial charge in [0.05, 0.1) is 12.6 Å². The molecule has 1 heterocycles. The molecule has 3 fully saturated rings. The summed E-state index contributed by atoms with van der Waals surface area (Å²) in [4.78, 5) is 5.09. The van der Waals surface area contributed by atoms with Crippen LogP contribution in [0.4, 0.5) is 0 Å². The number of aliphatic imine (C=N–C) groups is 1. The highest BCUT2D eigenvalue weighted by Gasteiger charge is 2.25. The third-order valence-electron chi connectivity index (χ3n) is 5.09. The Balaban J connectivity index is 1.64. The number of morpholine rings is 1. The van der Waals surface area contributed by atoms with Gasteiger partial charge in [0.15, 0.2) is 0 Å². The first-order valence-corrected chi connectivity index (χ1v) is 9.08. The van der Waals surface area contributed by atoms with Gasteiger partial charge in [0.25, 0.3) is 0 Å². The molecule has 1 saturated heterocycles. The standard InChI is InChI=1S/C17H31N3O/c1-3-7-14(8-4-1)19-17(16-13-18-11-12-21-16)20-15-9-5-2-6-10-15/h14-16,18H,1-13H2,(H,19,20). The summed E-state index contributed by atoms with van der Waals surface area (Å²) >= 11 is 0. The third-order valence-corrected chi connectivity index (χ3v) is 5.09. The number of amidine groups is 1. The monoisotopic (exact) mass is 293 g/mol. The minimum absolute atomic E-state index is 0.141. The van der Waals surface area contributed by atoms with E-state index in [1.807, 2.05) is 0 Å². The highest BCUT2D eigenvalue weighted by molar-refractivity contribution is 5.87. The van der Waals surface area contributed by atoms with Crippen LogP contribution in [0.2, 0.25) is 0 Å². The SMILES string of the molecule is C1CCC(N=C(NC2CCCCC2)C2CNCCO2)CC1. The highest BCUT2D eigenvalue weighted by Crippen LogP contribution is 2.22. The van der Waals surface area contributed by atoms with E-state index in [0.717, 1.165) is 25.5 Å². The van der Waals surface area contributed by atoms with Crippen molar-refractivity contribution in [2.75, 3.05) is 19.7 Å². The molecule has 0 amide bonds. The summed E-state index contributed by atoms with van der Waals surface area (Å²) in [5, 5.41) is 7.20. The molecule has 1 aliphatic heterocycles. The number of hydrogen-bond acceptors (Lipinski definition) is 3. The van der Waals surface area contributed by atoms with Crippen LogP contribution >= 0.6 is 0 Å². The molecule has 1 unspecified atom stereocenters. The fourth-order valence-corrected chi connectivity index (χ4v) is 3.82. The van der Waals surface area contributed by atoms with E-state index < -0.39 is 0 Å². The largest absolute Gasteiger partial charge is 0.369 e. The molecule has 0 bridgehead atoms. The molecular weight excluding hydrogens is 262 g/mol. The van der Waals surface area contributed by atoms with E-state index in [2.05, 4.69) is 10.6 Å². The van der Waals surface area contributed by atoms with Crippen molar-refractivity contribution in [3.8, 4) is 0 Å². The van der Waals surface area contributed by atoms with Gasteiger partial charge in [-0.15, -0.1) is 0 Å². The van der Waals surface area contributed by atoms with E-state index in [1.165, 1.54) is 64.2 Å². The van der Waals surface area contributed by atoms with E-state index in [4.69, 9.17) is 9.73 Å². The predicted octanol–water partition coefficient (Wildman–Crippen LogP) is 2.63. The first kappa shape index (κ1) is 15.3. The maximum atomic E-state index is 5.97. The Kier molecular flexibility index (Phi) is 5.92. The van der Waals surface area contributed by atoms with Crippen molar-refractivity contribution in [1.29, 1.82) is 0 Å². The van der Waals surface area contributed by atoms with Crippen LogP contribution in [0.3, 0.4) is 0 Å². The van der Waals surface area contributed by atoms with Crippen molar-refractivity contribution in [3.05, 3.63) is 0 Å². The third kappa shape index (κ3) is 4.68. The van der Waals surface area contributed by atoms with Crippen LogP contribution in [0.15, 0.2) is 4.99 Å². The van der Waals surface area contributed by atoms with Crippen LogP contribution < -0.4 is 10.6 Å². The number of ether oxygens (including phenoxy) is 1. The Morgan fingerprint density at radius 3 is 2.33 bits per heavy atom. The lowest BCUT2D eigenvalue weighted by molar-refractivity contribution is 0.0677. The molecule has 2 aliphatic carbocycles. The van der Waals surface area contributed by atoms with Crippen LogP contribution in [0, 0.1) is 0 Å². The lowest BCUT2D eigenvalue weighted by atomic mass is 9.94. The van der Waals surface area contributed by atoms with Gasteiger partial charge < -0.3 is 15.4 Å². The van der Waals surface area contributed by atoms with E-state index in [9.17, 15) is 0 Å². The molecule has 2 N–H and O–H groups in total. The van der Waals surface area contributed by atoms with Crippen molar-refractivity contribution < 1.29 is 4.74 Å². The Morgan fingerprint density at radius 1 is 0.952 bits per heavy atom. The highest BCUT2D eigenvalue weighted by atomic mass is 16.5. The second kappa shape index (κ2) is 8.14. The van der Waals surface area contributed by atoms with Crippen molar-refractivity contribution in [1.82, 2.24) is 10.6 Å². The van der Waals surface area contributed by atoms with Gasteiger partial charge in [0.2, 0.25) is 0 Å². The van der Waals surface area contributed by atoms with E-state index in [1.54, 1.807) is 0 Å². The molecule has 1 atom stereocenters. The summed E-state index contributed by atoms with van der Waals surface area (Å²) in [6, 6.07) is 1.14. The maximum Gasteiger partial charge on any atom is 0.128 e. The number of rotatable bonds is 3. The summed E-state index contributed by atoms with van der Waals surface area (Å²) in [7, 11) is 0. The minimum atomic E-state index is 0.141. The first-order chi connectivity index (χ1) is 10.4. The molecular formula is C17H31N3O. The molecule has 0 spiro atoms. The lowest BCUT2D eigenvalue weighted by Gasteiger charge is -2.32. The molecule has 120 valence electrons. The molecule has 0 aromatic carbocycles. The van der Waals surface area contributed by atoms with Crippen LogP contribution in [0.25, 0.3) is 0 Å². The second-order valence-corrected chi connectivity index (χ2v) is 6.85. The smallest absolute Gasteiger partial charge is 0.128 e. The molecule has 0 radical (unpaired) electrons. The zero-order chi connectivity index (χ0) is 14.3. The predicted molar refractivity (Wildman–Crippen MR) is 86.9 cm³/mol. The number of hydrogen-bond donors (Lipinski definition) is 2. The fourth-order valence-electron chi connectivity index (χ4n) is 3.82. The van der Waals surface area contributed by atoms with Gasteiger partial charge in [-0.1, -0.05) is 38.5 Å². The normalized spacial score (nSPS) is 30.3. The van der Waals surface area contributed by atoms with Gasteiger partial charge >= 0.3 is 0 Å². The van der Waals surface area contributed by atoms with Gasteiger partial charge in [-0.2, -0.15) is 0 Å². The second-order valence-electron chi connectivity index (χ2n) is 6.85. The average Bonchev–Trinajstić information content (AvgIpc) is 2.57. The Hall–Kier alpha value is -0.610. The first-order valence-electron chi connectivity index (χ1n) is 9.08. The summed E-state index contributed by atoms with van der Waals surface area (Å²) in [5.41, 5.74) is 0. The van der Waals surface area contributed by atoms with Gasteiger partial charge in [-0.25, -0.2) is 0 Å². The van der Waals surface area contributed by atoms with E-state index >= 15 is 0 Å². The van der Waals surface area contributed by atoms with E-state index in [-0.39, 0.29) is 6.10 Å². The molecule has 4 heteroatoms. The van der Waals surface area contributed by atoms with Crippen molar-refractivity contribution in [3.63, 3.8) is 0 Å². The Bertz CT molecular complexity index is 327. The molecule has 21 heavy (non-hydrogen) atoms. The Morgan fingerprint density at radius 2 is 1.67 bits per heavy atom. The van der Waals surface area contributed by atoms with Crippen LogP contribution in [-0.2, 0) is 4.74 Å². The van der Waals surface area contributed by atoms with Gasteiger partial charge in [0.1, 0.15) is 11.9 Å². The molecule has 3 aliphatic rings. The zero-order valence-electron chi connectivity index (χ0n) is 13.3. The quantitative estimate of drug-likeness (QED) is 0.621. The molecule has 4 nitrogen and oxygen atoms in total. The van der Waals surface area contributed by atoms with Crippen LogP contribution in [0.5, 0.6) is 0 Å². The molecule has 0 aromatic rings. The van der Waals surface area contributed by atoms with Crippen molar-refractivity contribution >= 4 is 5.84 Å². The summed E-state index contributed by atoms with van der Waals surface area (Å²) < 4.78 is 5.97. The van der Waals surface area contributed by atoms with Gasteiger partial charge in [-0.05, 0) is 25.7 Å². The lowest BCUT2D eigenvalue weighted by Crippen LogP contribution is -2.51. The number of nitrogens with zero attached hydrogens (tertiary/aromatic N) is 1.